The van der Waals surface area contributed by atoms with E-state index in [4.69, 9.17) is 4.74 Å². The molecule has 0 aliphatic heterocycles. The number of ether oxygens (including phenoxy) is 1. The number of hydrogen-bond acceptors (Lipinski definition) is 3. The summed E-state index contributed by atoms with van der Waals surface area (Å²) >= 11 is 0. The number of nitrogens with zero attached hydrogens (tertiary/aromatic N) is 1. The van der Waals surface area contributed by atoms with Crippen LogP contribution in [0.4, 0.5) is 0 Å². The smallest absolute Gasteiger partial charge is 0.221 e. The molecule has 1 N–H and O–H groups in total. The lowest BCUT2D eigenvalue weighted by atomic mass is 10.1. The van der Waals surface area contributed by atoms with E-state index in [-0.39, 0.29) is 11.8 Å². The lowest BCUT2D eigenvalue weighted by Gasteiger charge is -2.21. The van der Waals surface area contributed by atoms with Gasteiger partial charge in [-0.3, -0.25) is 9.59 Å². The topological polar surface area (TPSA) is 58.6 Å². The van der Waals surface area contributed by atoms with E-state index in [0.717, 1.165) is 24.2 Å². The molecule has 0 radical (unpaired) electrons. The van der Waals surface area contributed by atoms with Gasteiger partial charge >= 0.3 is 0 Å². The summed E-state index contributed by atoms with van der Waals surface area (Å²) in [6.45, 7) is 3.19. The van der Waals surface area contributed by atoms with Crippen molar-refractivity contribution in [1.29, 1.82) is 0 Å². The van der Waals surface area contributed by atoms with Crippen LogP contribution in [0.15, 0.2) is 54.6 Å². The highest BCUT2D eigenvalue weighted by Crippen LogP contribution is 2.11. The molecule has 0 bridgehead atoms. The van der Waals surface area contributed by atoms with E-state index in [2.05, 4.69) is 5.32 Å². The Labute approximate surface area is 161 Å². The molecule has 0 unspecified atom stereocenters. The minimum atomic E-state index is -0.0329. The summed E-state index contributed by atoms with van der Waals surface area (Å²) in [5, 5.41) is 2.92. The van der Waals surface area contributed by atoms with Gasteiger partial charge in [-0.1, -0.05) is 42.5 Å². The fraction of sp³-hybridized carbons (Fsp3) is 0.364. The third kappa shape index (κ3) is 7.52. The Kier molecular flexibility index (Phi) is 8.36. The summed E-state index contributed by atoms with van der Waals surface area (Å²) in [5.74, 6) is 0.786. The van der Waals surface area contributed by atoms with Crippen LogP contribution in [0.3, 0.4) is 0 Å². The van der Waals surface area contributed by atoms with E-state index in [1.165, 1.54) is 5.56 Å². The molecule has 0 atom stereocenters. The molecule has 5 nitrogen and oxygen atoms in total. The molecule has 2 aromatic rings. The van der Waals surface area contributed by atoms with Gasteiger partial charge in [0.15, 0.2) is 0 Å². The Balaban J connectivity index is 1.69. The lowest BCUT2D eigenvalue weighted by Crippen LogP contribution is -2.35. The van der Waals surface area contributed by atoms with Gasteiger partial charge in [0.25, 0.3) is 0 Å². The Morgan fingerprint density at radius 1 is 0.926 bits per heavy atom. The number of methoxy groups -OCH3 is 1. The van der Waals surface area contributed by atoms with Crippen LogP contribution in [-0.4, -0.2) is 43.5 Å². The minimum absolute atomic E-state index is 0.00281. The SMILES string of the molecule is COc1ccc(CCNC(=O)CCN(CCc2ccccc2)C(C)=O)cc1. The first-order chi connectivity index (χ1) is 13.1. The molecule has 5 heteroatoms. The van der Waals surface area contributed by atoms with Gasteiger partial charge in [-0.25, -0.2) is 0 Å². The Morgan fingerprint density at radius 2 is 1.59 bits per heavy atom. The maximum absolute atomic E-state index is 12.1. The summed E-state index contributed by atoms with van der Waals surface area (Å²) in [7, 11) is 1.64. The first-order valence-corrected chi connectivity index (χ1v) is 9.27. The molecule has 27 heavy (non-hydrogen) atoms. The van der Waals surface area contributed by atoms with Crippen LogP contribution in [-0.2, 0) is 22.4 Å². The molecule has 2 aromatic carbocycles. The van der Waals surface area contributed by atoms with Crippen molar-refractivity contribution in [2.24, 2.45) is 0 Å². The summed E-state index contributed by atoms with van der Waals surface area (Å²) in [5.41, 5.74) is 2.33. The molecule has 0 fully saturated rings. The second-order valence-corrected chi connectivity index (χ2v) is 6.44. The fourth-order valence-electron chi connectivity index (χ4n) is 2.80. The largest absolute Gasteiger partial charge is 0.497 e. The number of amides is 2. The van der Waals surface area contributed by atoms with Gasteiger partial charge in [-0.2, -0.15) is 0 Å². The highest BCUT2D eigenvalue weighted by molar-refractivity contribution is 5.78. The molecular weight excluding hydrogens is 340 g/mol. The molecule has 0 aliphatic carbocycles. The summed E-state index contributed by atoms with van der Waals surface area (Å²) in [6, 6.07) is 17.9. The zero-order valence-corrected chi connectivity index (χ0v) is 16.1. The Morgan fingerprint density at radius 3 is 2.22 bits per heavy atom. The van der Waals surface area contributed by atoms with Crippen molar-refractivity contribution in [3.05, 3.63) is 65.7 Å². The van der Waals surface area contributed by atoms with Crippen LogP contribution in [0.1, 0.15) is 24.5 Å². The molecule has 0 spiro atoms. The molecule has 0 aliphatic rings. The van der Waals surface area contributed by atoms with Crippen molar-refractivity contribution in [1.82, 2.24) is 10.2 Å². The predicted octanol–water partition coefficient (Wildman–Crippen LogP) is 2.84. The quantitative estimate of drug-likeness (QED) is 0.702. The Bertz CT molecular complexity index is 714. The van der Waals surface area contributed by atoms with Gasteiger partial charge in [0.2, 0.25) is 11.8 Å². The number of rotatable bonds is 10. The summed E-state index contributed by atoms with van der Waals surface area (Å²) in [6.07, 6.45) is 1.87. The number of carbonyl (C=O) groups excluding carboxylic acids is 2. The van der Waals surface area contributed by atoms with E-state index in [9.17, 15) is 9.59 Å². The van der Waals surface area contributed by atoms with E-state index >= 15 is 0 Å². The molecule has 0 heterocycles. The monoisotopic (exact) mass is 368 g/mol. The van der Waals surface area contributed by atoms with Gasteiger partial charge in [0, 0.05) is 33.0 Å². The number of nitrogens with one attached hydrogen (secondary N) is 1. The second-order valence-electron chi connectivity index (χ2n) is 6.44. The molecule has 144 valence electrons. The minimum Gasteiger partial charge on any atom is -0.497 e. The van der Waals surface area contributed by atoms with Crippen LogP contribution in [0.25, 0.3) is 0 Å². The van der Waals surface area contributed by atoms with Gasteiger partial charge < -0.3 is 15.0 Å². The summed E-state index contributed by atoms with van der Waals surface area (Å²) < 4.78 is 5.13. The molecule has 0 saturated heterocycles. The van der Waals surface area contributed by atoms with Gasteiger partial charge in [0.1, 0.15) is 5.75 Å². The number of benzene rings is 2. The average Bonchev–Trinajstić information content (AvgIpc) is 2.69. The molecule has 0 aromatic heterocycles. The average molecular weight is 368 g/mol. The van der Waals surface area contributed by atoms with Crippen LogP contribution < -0.4 is 10.1 Å². The van der Waals surface area contributed by atoms with Crippen molar-refractivity contribution in [2.75, 3.05) is 26.7 Å². The zero-order chi connectivity index (χ0) is 19.5. The van der Waals surface area contributed by atoms with Crippen LogP contribution in [0.2, 0.25) is 0 Å². The fourth-order valence-corrected chi connectivity index (χ4v) is 2.80. The van der Waals surface area contributed by atoms with Crippen LogP contribution in [0, 0.1) is 0 Å². The van der Waals surface area contributed by atoms with Crippen molar-refractivity contribution >= 4 is 11.8 Å². The maximum atomic E-state index is 12.1. The van der Waals surface area contributed by atoms with Gasteiger partial charge in [-0.05, 0) is 36.1 Å². The molecule has 2 rings (SSSR count). The van der Waals surface area contributed by atoms with Crippen molar-refractivity contribution < 1.29 is 14.3 Å². The first kappa shape index (κ1) is 20.5. The number of carbonyl (C=O) groups is 2. The van der Waals surface area contributed by atoms with E-state index in [1.54, 1.807) is 18.9 Å². The first-order valence-electron chi connectivity index (χ1n) is 9.27. The van der Waals surface area contributed by atoms with Crippen molar-refractivity contribution in [3.63, 3.8) is 0 Å². The number of hydrogen-bond donors (Lipinski definition) is 1. The van der Waals surface area contributed by atoms with Crippen LogP contribution in [0.5, 0.6) is 5.75 Å². The highest BCUT2D eigenvalue weighted by Gasteiger charge is 2.11. The van der Waals surface area contributed by atoms with E-state index < -0.39 is 0 Å². The molecule has 2 amide bonds. The van der Waals surface area contributed by atoms with E-state index in [1.807, 2.05) is 54.6 Å². The van der Waals surface area contributed by atoms with Crippen molar-refractivity contribution in [3.8, 4) is 5.75 Å². The third-order valence-corrected chi connectivity index (χ3v) is 4.46. The zero-order valence-electron chi connectivity index (χ0n) is 16.1. The Hall–Kier alpha value is -2.82. The highest BCUT2D eigenvalue weighted by atomic mass is 16.5. The van der Waals surface area contributed by atoms with Gasteiger partial charge in [0.05, 0.1) is 7.11 Å². The standard InChI is InChI=1S/C22H28N2O3/c1-18(25)24(16-13-19-6-4-3-5-7-19)17-14-22(26)23-15-12-20-8-10-21(27-2)11-9-20/h3-11H,12-17H2,1-2H3,(H,23,26). The predicted molar refractivity (Wildman–Crippen MR) is 107 cm³/mol. The molecule has 0 saturated carbocycles. The van der Waals surface area contributed by atoms with Gasteiger partial charge in [-0.15, -0.1) is 0 Å². The normalized spacial score (nSPS) is 10.3. The summed E-state index contributed by atoms with van der Waals surface area (Å²) in [4.78, 5) is 25.6. The molecular formula is C22H28N2O3. The maximum Gasteiger partial charge on any atom is 0.221 e. The van der Waals surface area contributed by atoms with E-state index in [0.29, 0.717) is 26.1 Å². The third-order valence-electron chi connectivity index (χ3n) is 4.46. The van der Waals surface area contributed by atoms with Crippen LogP contribution >= 0.6 is 0 Å². The second kappa shape index (κ2) is 11.0. The lowest BCUT2D eigenvalue weighted by molar-refractivity contribution is -0.129. The van der Waals surface area contributed by atoms with Crippen molar-refractivity contribution in [2.45, 2.75) is 26.2 Å².